The molecule has 0 aromatic carbocycles. The zero-order valence-electron chi connectivity index (χ0n) is 10.1. The van der Waals surface area contributed by atoms with Gasteiger partial charge in [-0.25, -0.2) is 4.98 Å². The summed E-state index contributed by atoms with van der Waals surface area (Å²) in [6, 6.07) is 0. The van der Waals surface area contributed by atoms with Crippen LogP contribution >= 0.6 is 11.3 Å². The second kappa shape index (κ2) is 8.67. The fourth-order valence-electron chi connectivity index (χ4n) is 1.84. The van der Waals surface area contributed by atoms with Crippen LogP contribution in [0.5, 0.6) is 0 Å². The van der Waals surface area contributed by atoms with Crippen molar-refractivity contribution in [2.45, 2.75) is 39.2 Å². The lowest BCUT2D eigenvalue weighted by atomic mass is 9.97. The van der Waals surface area contributed by atoms with E-state index in [-0.39, 0.29) is 0 Å². The van der Waals surface area contributed by atoms with Crippen LogP contribution in [0.2, 0.25) is 0 Å². The zero-order valence-corrected chi connectivity index (χ0v) is 10.9. The standard InChI is InChI=1S/C12H23N3S/c1-2-11(5-6-13)4-3-7-14-10-12-15-8-9-16-12/h8-9,11,14H,2-7,10,13H2,1H3. The van der Waals surface area contributed by atoms with Crippen LogP contribution in [0.1, 0.15) is 37.6 Å². The van der Waals surface area contributed by atoms with Crippen LogP contribution in [0.25, 0.3) is 0 Å². The van der Waals surface area contributed by atoms with Crippen molar-refractivity contribution in [3.63, 3.8) is 0 Å². The number of nitrogens with two attached hydrogens (primary N) is 1. The second-order valence-corrected chi connectivity index (χ2v) is 5.08. The highest BCUT2D eigenvalue weighted by Crippen LogP contribution is 2.13. The number of thiazole rings is 1. The Hall–Kier alpha value is -0.450. The number of hydrogen-bond acceptors (Lipinski definition) is 4. The molecule has 1 aromatic heterocycles. The molecule has 0 aliphatic rings. The van der Waals surface area contributed by atoms with Crippen molar-refractivity contribution in [2.24, 2.45) is 11.7 Å². The van der Waals surface area contributed by atoms with Gasteiger partial charge < -0.3 is 11.1 Å². The minimum absolute atomic E-state index is 0.812. The first kappa shape index (κ1) is 13.6. The normalized spacial score (nSPS) is 12.9. The van der Waals surface area contributed by atoms with Crippen molar-refractivity contribution in [3.8, 4) is 0 Å². The maximum absolute atomic E-state index is 5.58. The molecule has 0 saturated carbocycles. The van der Waals surface area contributed by atoms with Crippen molar-refractivity contribution < 1.29 is 0 Å². The van der Waals surface area contributed by atoms with Crippen molar-refractivity contribution in [1.82, 2.24) is 10.3 Å². The van der Waals surface area contributed by atoms with E-state index in [4.69, 9.17) is 5.73 Å². The van der Waals surface area contributed by atoms with E-state index in [2.05, 4.69) is 17.2 Å². The Morgan fingerprint density at radius 3 is 3.00 bits per heavy atom. The largest absolute Gasteiger partial charge is 0.330 e. The van der Waals surface area contributed by atoms with Crippen LogP contribution in [-0.4, -0.2) is 18.1 Å². The van der Waals surface area contributed by atoms with Gasteiger partial charge in [0, 0.05) is 18.1 Å². The van der Waals surface area contributed by atoms with Gasteiger partial charge in [-0.1, -0.05) is 13.3 Å². The molecule has 0 amide bonds. The minimum atomic E-state index is 0.812. The van der Waals surface area contributed by atoms with Crippen LogP contribution in [0.3, 0.4) is 0 Å². The van der Waals surface area contributed by atoms with E-state index in [0.29, 0.717) is 0 Å². The number of rotatable bonds is 9. The third kappa shape index (κ3) is 5.58. The maximum atomic E-state index is 5.58. The first-order valence-corrected chi connectivity index (χ1v) is 7.04. The quantitative estimate of drug-likeness (QED) is 0.653. The van der Waals surface area contributed by atoms with Gasteiger partial charge in [0.1, 0.15) is 5.01 Å². The van der Waals surface area contributed by atoms with E-state index in [0.717, 1.165) is 25.6 Å². The third-order valence-corrected chi connectivity index (χ3v) is 3.66. The summed E-state index contributed by atoms with van der Waals surface area (Å²) in [4.78, 5) is 4.23. The van der Waals surface area contributed by atoms with E-state index in [1.807, 2.05) is 11.6 Å². The number of nitrogens with zero attached hydrogens (tertiary/aromatic N) is 1. The Morgan fingerprint density at radius 1 is 1.50 bits per heavy atom. The van der Waals surface area contributed by atoms with Gasteiger partial charge in [-0.2, -0.15) is 0 Å². The van der Waals surface area contributed by atoms with Crippen LogP contribution in [0.4, 0.5) is 0 Å². The fraction of sp³-hybridized carbons (Fsp3) is 0.750. The molecule has 1 aromatic rings. The van der Waals surface area contributed by atoms with Gasteiger partial charge in [-0.15, -0.1) is 11.3 Å². The molecule has 0 saturated heterocycles. The van der Waals surface area contributed by atoms with Gasteiger partial charge in [0.05, 0.1) is 0 Å². The van der Waals surface area contributed by atoms with E-state index in [1.54, 1.807) is 11.3 Å². The third-order valence-electron chi connectivity index (χ3n) is 2.88. The Morgan fingerprint density at radius 2 is 2.38 bits per heavy atom. The molecule has 3 nitrogen and oxygen atoms in total. The van der Waals surface area contributed by atoms with Gasteiger partial charge in [-0.3, -0.25) is 0 Å². The van der Waals surface area contributed by atoms with Gasteiger partial charge in [0.25, 0.3) is 0 Å². The fourth-order valence-corrected chi connectivity index (χ4v) is 2.43. The number of hydrogen-bond donors (Lipinski definition) is 2. The van der Waals surface area contributed by atoms with Gasteiger partial charge in [0.2, 0.25) is 0 Å². The topological polar surface area (TPSA) is 50.9 Å². The molecule has 16 heavy (non-hydrogen) atoms. The summed E-state index contributed by atoms with van der Waals surface area (Å²) in [5, 5.41) is 6.62. The molecule has 3 N–H and O–H groups in total. The summed E-state index contributed by atoms with van der Waals surface area (Å²) in [7, 11) is 0. The highest BCUT2D eigenvalue weighted by atomic mass is 32.1. The highest BCUT2D eigenvalue weighted by molar-refractivity contribution is 7.09. The lowest BCUT2D eigenvalue weighted by Crippen LogP contribution is -2.16. The van der Waals surface area contributed by atoms with E-state index in [1.165, 1.54) is 30.7 Å². The number of nitrogens with one attached hydrogen (secondary N) is 1. The lowest BCUT2D eigenvalue weighted by molar-refractivity contribution is 0.422. The Labute approximate surface area is 102 Å². The first-order valence-electron chi connectivity index (χ1n) is 6.16. The van der Waals surface area contributed by atoms with Crippen molar-refractivity contribution in [3.05, 3.63) is 16.6 Å². The molecular formula is C12H23N3S. The second-order valence-electron chi connectivity index (χ2n) is 4.10. The molecule has 1 rings (SSSR count). The minimum Gasteiger partial charge on any atom is -0.330 e. The molecule has 4 heteroatoms. The van der Waals surface area contributed by atoms with Crippen molar-refractivity contribution >= 4 is 11.3 Å². The van der Waals surface area contributed by atoms with Crippen LogP contribution in [0, 0.1) is 5.92 Å². The summed E-state index contributed by atoms with van der Waals surface area (Å²) in [5.41, 5.74) is 5.58. The first-order chi connectivity index (χ1) is 7.86. The van der Waals surface area contributed by atoms with E-state index < -0.39 is 0 Å². The lowest BCUT2D eigenvalue weighted by Gasteiger charge is -2.13. The van der Waals surface area contributed by atoms with Gasteiger partial charge >= 0.3 is 0 Å². The van der Waals surface area contributed by atoms with Crippen LogP contribution in [-0.2, 0) is 6.54 Å². The van der Waals surface area contributed by atoms with Gasteiger partial charge in [-0.05, 0) is 38.3 Å². The summed E-state index contributed by atoms with van der Waals surface area (Å²) < 4.78 is 0. The molecule has 1 unspecified atom stereocenters. The van der Waals surface area contributed by atoms with E-state index in [9.17, 15) is 0 Å². The molecule has 92 valence electrons. The molecule has 1 atom stereocenters. The summed E-state index contributed by atoms with van der Waals surface area (Å²) >= 11 is 1.71. The van der Waals surface area contributed by atoms with E-state index >= 15 is 0 Å². The molecule has 0 spiro atoms. The molecule has 0 aliphatic carbocycles. The van der Waals surface area contributed by atoms with Crippen molar-refractivity contribution in [1.29, 1.82) is 0 Å². The molecule has 0 radical (unpaired) electrons. The molecule has 0 fully saturated rings. The smallest absolute Gasteiger partial charge is 0.106 e. The average Bonchev–Trinajstić information content (AvgIpc) is 2.80. The zero-order chi connectivity index (χ0) is 11.6. The SMILES string of the molecule is CCC(CCN)CCCNCc1nccs1. The Balaban J connectivity index is 1.98. The Bertz CT molecular complexity index is 249. The summed E-state index contributed by atoms with van der Waals surface area (Å²) in [6.45, 7) is 5.07. The predicted octanol–water partition coefficient (Wildman–Crippen LogP) is 2.39. The van der Waals surface area contributed by atoms with Crippen molar-refractivity contribution in [2.75, 3.05) is 13.1 Å². The monoisotopic (exact) mass is 241 g/mol. The molecule has 0 bridgehead atoms. The summed E-state index contributed by atoms with van der Waals surface area (Å²) in [6.07, 6.45) is 6.81. The molecular weight excluding hydrogens is 218 g/mol. The highest BCUT2D eigenvalue weighted by Gasteiger charge is 2.04. The summed E-state index contributed by atoms with van der Waals surface area (Å²) in [5.74, 6) is 0.812. The van der Waals surface area contributed by atoms with Crippen LogP contribution < -0.4 is 11.1 Å². The molecule has 1 heterocycles. The molecule has 0 aliphatic heterocycles. The maximum Gasteiger partial charge on any atom is 0.106 e. The average molecular weight is 241 g/mol. The Kier molecular flexibility index (Phi) is 7.38. The number of aromatic nitrogens is 1. The van der Waals surface area contributed by atoms with Gasteiger partial charge in [0.15, 0.2) is 0 Å². The van der Waals surface area contributed by atoms with Crippen LogP contribution in [0.15, 0.2) is 11.6 Å². The predicted molar refractivity (Wildman–Crippen MR) is 70.5 cm³/mol.